The zero-order valence-corrected chi connectivity index (χ0v) is 10.6. The molecule has 0 saturated carbocycles. The van der Waals surface area contributed by atoms with E-state index >= 15 is 0 Å². The molecular formula is C13H8F3N3O2. The highest BCUT2D eigenvalue weighted by Gasteiger charge is 2.31. The minimum Gasteiger partial charge on any atom is -0.478 e. The van der Waals surface area contributed by atoms with Gasteiger partial charge in [0.2, 0.25) is 0 Å². The van der Waals surface area contributed by atoms with Gasteiger partial charge in [0.25, 0.3) is 0 Å². The van der Waals surface area contributed by atoms with E-state index in [2.05, 4.69) is 5.10 Å². The number of carbonyl (C=O) groups is 1. The van der Waals surface area contributed by atoms with Crippen molar-refractivity contribution >= 4 is 5.97 Å². The third kappa shape index (κ3) is 2.72. The first-order valence-corrected chi connectivity index (χ1v) is 5.65. The lowest BCUT2D eigenvalue weighted by atomic mass is 10.1. The highest BCUT2D eigenvalue weighted by atomic mass is 19.4. The van der Waals surface area contributed by atoms with Crippen molar-refractivity contribution in [3.05, 3.63) is 46.8 Å². The topological polar surface area (TPSA) is 78.9 Å². The molecule has 0 atom stereocenters. The van der Waals surface area contributed by atoms with Crippen LogP contribution in [0.2, 0.25) is 0 Å². The van der Waals surface area contributed by atoms with Crippen LogP contribution in [0.3, 0.4) is 0 Å². The maximum absolute atomic E-state index is 12.6. The third-order valence-corrected chi connectivity index (χ3v) is 2.82. The zero-order valence-electron chi connectivity index (χ0n) is 10.6. The average molecular weight is 295 g/mol. The van der Waals surface area contributed by atoms with Gasteiger partial charge < -0.3 is 5.11 Å². The number of alkyl halides is 3. The second kappa shape index (κ2) is 4.94. The van der Waals surface area contributed by atoms with Crippen LogP contribution in [0.4, 0.5) is 13.2 Å². The largest absolute Gasteiger partial charge is 0.478 e. The lowest BCUT2D eigenvalue weighted by molar-refractivity contribution is -0.137. The Morgan fingerprint density at radius 3 is 2.57 bits per heavy atom. The van der Waals surface area contributed by atoms with Crippen LogP contribution in [-0.4, -0.2) is 20.9 Å². The number of aromatic carboxylic acids is 1. The summed E-state index contributed by atoms with van der Waals surface area (Å²) in [5.74, 6) is -1.20. The molecule has 0 saturated heterocycles. The molecule has 2 rings (SSSR count). The predicted molar refractivity (Wildman–Crippen MR) is 65.0 cm³/mol. The number of benzene rings is 1. The van der Waals surface area contributed by atoms with Crippen molar-refractivity contribution in [2.45, 2.75) is 13.1 Å². The van der Waals surface area contributed by atoms with Crippen molar-refractivity contribution < 1.29 is 23.1 Å². The Balaban J connectivity index is 2.58. The van der Waals surface area contributed by atoms with Gasteiger partial charge in [0.05, 0.1) is 22.5 Å². The summed E-state index contributed by atoms with van der Waals surface area (Å²) in [6, 6.07) is 4.25. The van der Waals surface area contributed by atoms with Crippen LogP contribution in [0.15, 0.2) is 24.4 Å². The van der Waals surface area contributed by atoms with Crippen molar-refractivity contribution in [3.8, 4) is 11.8 Å². The molecule has 108 valence electrons. The number of hydrogen-bond acceptors (Lipinski definition) is 3. The van der Waals surface area contributed by atoms with E-state index in [9.17, 15) is 18.0 Å². The molecule has 0 amide bonds. The van der Waals surface area contributed by atoms with Gasteiger partial charge in [-0.1, -0.05) is 0 Å². The summed E-state index contributed by atoms with van der Waals surface area (Å²) >= 11 is 0. The minimum absolute atomic E-state index is 0.0844. The van der Waals surface area contributed by atoms with Gasteiger partial charge in [-0.25, -0.2) is 9.48 Å². The van der Waals surface area contributed by atoms with E-state index in [-0.39, 0.29) is 22.5 Å². The molecule has 0 aliphatic rings. The summed E-state index contributed by atoms with van der Waals surface area (Å²) in [6.07, 6.45) is -3.41. The number of aromatic nitrogens is 2. The summed E-state index contributed by atoms with van der Waals surface area (Å²) in [6.45, 7) is 1.45. The van der Waals surface area contributed by atoms with Crippen molar-refractivity contribution in [2.24, 2.45) is 0 Å². The summed E-state index contributed by atoms with van der Waals surface area (Å²) in [4.78, 5) is 10.9. The molecule has 2 aromatic rings. The molecule has 1 N–H and O–H groups in total. The molecule has 0 aliphatic heterocycles. The van der Waals surface area contributed by atoms with Crippen LogP contribution in [-0.2, 0) is 6.18 Å². The number of hydrogen-bond donors (Lipinski definition) is 1. The molecule has 0 unspecified atom stereocenters. The Morgan fingerprint density at radius 2 is 2.10 bits per heavy atom. The fourth-order valence-corrected chi connectivity index (χ4v) is 1.80. The van der Waals surface area contributed by atoms with Crippen LogP contribution in [0, 0.1) is 18.3 Å². The van der Waals surface area contributed by atoms with Crippen LogP contribution in [0.5, 0.6) is 0 Å². The number of rotatable bonds is 2. The summed E-state index contributed by atoms with van der Waals surface area (Å²) in [5, 5.41) is 21.8. The average Bonchev–Trinajstić information content (AvgIpc) is 2.79. The molecule has 5 nitrogen and oxygen atoms in total. The SMILES string of the molecule is Cc1nn(-c2ccc(C(F)(F)F)cc2C#N)cc1C(=O)O. The van der Waals surface area contributed by atoms with E-state index in [4.69, 9.17) is 10.4 Å². The number of halogens is 3. The number of aryl methyl sites for hydroxylation is 1. The summed E-state index contributed by atoms with van der Waals surface area (Å²) in [5.41, 5.74) is -0.999. The van der Waals surface area contributed by atoms with Gasteiger partial charge in [-0.3, -0.25) is 0 Å². The molecule has 8 heteroatoms. The Morgan fingerprint density at radius 1 is 1.43 bits per heavy atom. The highest BCUT2D eigenvalue weighted by molar-refractivity contribution is 5.88. The Bertz CT molecular complexity index is 757. The van der Waals surface area contributed by atoms with Gasteiger partial charge in [-0.15, -0.1) is 0 Å². The first-order valence-electron chi connectivity index (χ1n) is 5.65. The molecule has 1 aromatic heterocycles. The fraction of sp³-hybridized carbons (Fsp3) is 0.154. The van der Waals surface area contributed by atoms with Crippen molar-refractivity contribution in [3.63, 3.8) is 0 Å². The first kappa shape index (κ1) is 14.6. The van der Waals surface area contributed by atoms with E-state index in [0.717, 1.165) is 23.0 Å². The van der Waals surface area contributed by atoms with E-state index in [1.54, 1.807) is 6.07 Å². The highest BCUT2D eigenvalue weighted by Crippen LogP contribution is 2.31. The van der Waals surface area contributed by atoms with Gasteiger partial charge >= 0.3 is 12.1 Å². The Labute approximate surface area is 116 Å². The summed E-state index contributed by atoms with van der Waals surface area (Å²) in [7, 11) is 0. The van der Waals surface area contributed by atoms with Crippen molar-refractivity contribution in [1.29, 1.82) is 5.26 Å². The van der Waals surface area contributed by atoms with Crippen molar-refractivity contribution in [2.75, 3.05) is 0 Å². The van der Waals surface area contributed by atoms with E-state index in [1.807, 2.05) is 0 Å². The second-order valence-electron chi connectivity index (χ2n) is 4.22. The summed E-state index contributed by atoms with van der Waals surface area (Å²) < 4.78 is 38.9. The maximum Gasteiger partial charge on any atom is 0.416 e. The molecule has 0 bridgehead atoms. The van der Waals surface area contributed by atoms with Crippen LogP contribution >= 0.6 is 0 Å². The number of carboxylic acid groups (broad SMARTS) is 1. The smallest absolute Gasteiger partial charge is 0.416 e. The van der Waals surface area contributed by atoms with Gasteiger partial charge in [0.15, 0.2) is 0 Å². The van der Waals surface area contributed by atoms with Gasteiger partial charge in [-0.2, -0.15) is 23.5 Å². The first-order chi connectivity index (χ1) is 9.74. The molecule has 1 heterocycles. The standard InChI is InChI=1S/C13H8F3N3O2/c1-7-10(12(20)21)6-19(18-7)11-3-2-9(13(14,15)16)4-8(11)5-17/h2-4,6H,1H3,(H,20,21). The van der Waals surface area contributed by atoms with Gasteiger partial charge in [0.1, 0.15) is 11.6 Å². The Hall–Kier alpha value is -2.82. The zero-order chi connectivity index (χ0) is 15.8. The van der Waals surface area contributed by atoms with Crippen LogP contribution < -0.4 is 0 Å². The second-order valence-corrected chi connectivity index (χ2v) is 4.22. The molecule has 21 heavy (non-hydrogen) atoms. The van der Waals surface area contributed by atoms with Crippen molar-refractivity contribution in [1.82, 2.24) is 9.78 Å². The quantitative estimate of drug-likeness (QED) is 0.924. The molecule has 0 aliphatic carbocycles. The third-order valence-electron chi connectivity index (χ3n) is 2.82. The predicted octanol–water partition coefficient (Wildman–Crippen LogP) is 2.77. The molecular weight excluding hydrogens is 287 g/mol. The molecule has 1 aromatic carbocycles. The van der Waals surface area contributed by atoms with Gasteiger partial charge in [0, 0.05) is 6.20 Å². The lowest BCUT2D eigenvalue weighted by Gasteiger charge is -2.09. The molecule has 0 radical (unpaired) electrons. The number of nitriles is 1. The molecule has 0 spiro atoms. The number of nitrogens with zero attached hydrogens (tertiary/aromatic N) is 3. The van der Waals surface area contributed by atoms with Crippen LogP contribution in [0.25, 0.3) is 5.69 Å². The normalized spacial score (nSPS) is 11.2. The van der Waals surface area contributed by atoms with Gasteiger partial charge in [-0.05, 0) is 25.1 Å². The maximum atomic E-state index is 12.6. The fourth-order valence-electron chi connectivity index (χ4n) is 1.80. The van der Waals surface area contributed by atoms with E-state index in [1.165, 1.54) is 6.92 Å². The van der Waals surface area contributed by atoms with Crippen LogP contribution in [0.1, 0.15) is 27.2 Å². The molecule has 0 fully saturated rings. The Kier molecular flexibility index (Phi) is 3.43. The number of carboxylic acids is 1. The lowest BCUT2D eigenvalue weighted by Crippen LogP contribution is -2.07. The minimum atomic E-state index is -4.56. The van der Waals surface area contributed by atoms with E-state index in [0.29, 0.717) is 6.07 Å². The monoisotopic (exact) mass is 295 g/mol. The van der Waals surface area contributed by atoms with E-state index < -0.39 is 17.7 Å².